The van der Waals surface area contributed by atoms with Gasteiger partial charge in [-0.15, -0.1) is 0 Å². The monoisotopic (exact) mass is 257 g/mol. The smallest absolute Gasteiger partial charge is 0.0356 e. The Balaban J connectivity index is -0.000000183. The van der Waals surface area contributed by atoms with Crippen LogP contribution in [0.1, 0.15) is 47.0 Å². The van der Waals surface area contributed by atoms with Gasteiger partial charge in [0.2, 0.25) is 0 Å². The molecule has 0 saturated carbocycles. The van der Waals surface area contributed by atoms with Crippen LogP contribution in [0.5, 0.6) is 0 Å². The zero-order chi connectivity index (χ0) is 14.6. The first-order valence-corrected chi connectivity index (χ1v) is 7.14. The average Bonchev–Trinajstić information content (AvgIpc) is 2.44. The second kappa shape index (κ2) is 25.1. The maximum atomic E-state index is 3.85. The fraction of sp³-hybridized carbons (Fsp3) is 0.800. The summed E-state index contributed by atoms with van der Waals surface area (Å²) in [6, 6.07) is 0. The van der Waals surface area contributed by atoms with Crippen molar-refractivity contribution in [2.75, 3.05) is 33.7 Å². The molecule has 1 saturated heterocycles. The number of nitrogens with one attached hydrogen (secondary N) is 1. The van der Waals surface area contributed by atoms with Crippen LogP contribution >= 0.6 is 0 Å². The van der Waals surface area contributed by atoms with Gasteiger partial charge in [-0.3, -0.25) is 4.99 Å². The molecule has 0 radical (unpaired) electrons. The van der Waals surface area contributed by atoms with E-state index in [0.29, 0.717) is 0 Å². The first-order valence-electron chi connectivity index (χ1n) is 7.14. The van der Waals surface area contributed by atoms with E-state index in [1.165, 1.54) is 32.4 Å². The van der Waals surface area contributed by atoms with Gasteiger partial charge in [0.05, 0.1) is 0 Å². The van der Waals surface area contributed by atoms with E-state index in [4.69, 9.17) is 0 Å². The highest BCUT2D eigenvalue weighted by Crippen LogP contribution is 2.04. The van der Waals surface area contributed by atoms with E-state index in [1.54, 1.807) is 12.4 Å². The number of nitrogens with zero attached hydrogens (tertiary/aromatic N) is 2. The summed E-state index contributed by atoms with van der Waals surface area (Å²) in [4.78, 5) is 6.24. The van der Waals surface area contributed by atoms with Crippen molar-refractivity contribution >= 4 is 6.21 Å². The largest absolute Gasteiger partial charge is 0.394 e. The van der Waals surface area contributed by atoms with Gasteiger partial charge in [-0.25, -0.2) is 0 Å². The molecule has 1 aliphatic heterocycles. The Morgan fingerprint density at radius 2 is 1.67 bits per heavy atom. The van der Waals surface area contributed by atoms with E-state index in [-0.39, 0.29) is 0 Å². The molecule has 1 N–H and O–H groups in total. The van der Waals surface area contributed by atoms with Gasteiger partial charge < -0.3 is 10.2 Å². The van der Waals surface area contributed by atoms with E-state index in [0.717, 1.165) is 6.54 Å². The Hall–Kier alpha value is -0.830. The highest BCUT2D eigenvalue weighted by molar-refractivity contribution is 5.52. The lowest BCUT2D eigenvalue weighted by atomic mass is 10.1. The number of hydrogen-bond acceptors (Lipinski definition) is 3. The van der Waals surface area contributed by atoms with Crippen LogP contribution in [0.4, 0.5) is 0 Å². The molecule has 3 nitrogen and oxygen atoms in total. The van der Waals surface area contributed by atoms with Gasteiger partial charge in [-0.1, -0.05) is 26.8 Å². The summed E-state index contributed by atoms with van der Waals surface area (Å²) in [5.74, 6) is 0. The van der Waals surface area contributed by atoms with E-state index >= 15 is 0 Å². The molecular weight excluding hydrogens is 222 g/mol. The van der Waals surface area contributed by atoms with Crippen LogP contribution in [0, 0.1) is 0 Å². The van der Waals surface area contributed by atoms with Crippen LogP contribution in [0.15, 0.2) is 17.8 Å². The Kier molecular flexibility index (Phi) is 31.2. The zero-order valence-electron chi connectivity index (χ0n) is 13.5. The lowest BCUT2D eigenvalue weighted by Crippen LogP contribution is -2.24. The Labute approximate surface area is 115 Å². The van der Waals surface area contributed by atoms with Crippen LogP contribution in [-0.2, 0) is 0 Å². The van der Waals surface area contributed by atoms with Gasteiger partial charge in [0.1, 0.15) is 0 Å². The number of rotatable bonds is 2. The summed E-state index contributed by atoms with van der Waals surface area (Å²) in [5, 5.41) is 2.69. The topological polar surface area (TPSA) is 27.6 Å². The third-order valence-corrected chi connectivity index (χ3v) is 2.15. The van der Waals surface area contributed by atoms with Crippen LogP contribution in [0.25, 0.3) is 0 Å². The minimum Gasteiger partial charge on any atom is -0.394 e. The Morgan fingerprint density at radius 1 is 1.22 bits per heavy atom. The minimum atomic E-state index is 0.913. The predicted molar refractivity (Wildman–Crippen MR) is 86.7 cm³/mol. The number of hydrogen-bond donors (Lipinski definition) is 1. The molecule has 1 fully saturated rings. The molecule has 0 aromatic heterocycles. The number of piperidine rings is 1. The van der Waals surface area contributed by atoms with E-state index in [1.807, 2.05) is 34.7 Å². The van der Waals surface area contributed by atoms with Crippen molar-refractivity contribution < 1.29 is 0 Å². The number of likely N-dealkylation sites (tertiary alicyclic amines) is 1. The van der Waals surface area contributed by atoms with E-state index < -0.39 is 0 Å². The van der Waals surface area contributed by atoms with Crippen LogP contribution in [0.2, 0.25) is 0 Å². The molecule has 0 atom stereocenters. The molecule has 0 spiro atoms. The van der Waals surface area contributed by atoms with Gasteiger partial charge in [0.25, 0.3) is 0 Å². The molecule has 1 heterocycles. The predicted octanol–water partition coefficient (Wildman–Crippen LogP) is 3.57. The van der Waals surface area contributed by atoms with E-state index in [9.17, 15) is 0 Å². The van der Waals surface area contributed by atoms with Gasteiger partial charge >= 0.3 is 0 Å². The third kappa shape index (κ3) is 29.4. The SMILES string of the molecule is C=CNC.CC.CC=NCC.CN1CCCCC1. The van der Waals surface area contributed by atoms with Crippen molar-refractivity contribution in [1.82, 2.24) is 10.2 Å². The standard InChI is InChI=1S/C6H13N.C4H9N.C3H7N.C2H6/c1-7-5-3-2-4-6-7;1-3-5-4-2;1-3-4-2;1-2/h2-6H2,1H3;3H,4H2,1-2H3;3-4H,1H2,2H3;1-2H3. The molecule has 0 bridgehead atoms. The molecule has 0 aromatic rings. The first kappa shape index (κ1) is 22.4. The normalized spacial score (nSPS) is 14.1. The van der Waals surface area contributed by atoms with Crippen molar-refractivity contribution in [3.8, 4) is 0 Å². The summed E-state index contributed by atoms with van der Waals surface area (Å²) in [6.45, 7) is 14.9. The minimum absolute atomic E-state index is 0.913. The van der Waals surface area contributed by atoms with Crippen molar-refractivity contribution in [3.63, 3.8) is 0 Å². The molecule has 18 heavy (non-hydrogen) atoms. The number of aliphatic imine (C=N–C) groups is 1. The third-order valence-electron chi connectivity index (χ3n) is 2.15. The maximum absolute atomic E-state index is 3.85. The van der Waals surface area contributed by atoms with Gasteiger partial charge in [0.15, 0.2) is 0 Å². The van der Waals surface area contributed by atoms with E-state index in [2.05, 4.69) is 28.8 Å². The Morgan fingerprint density at radius 3 is 1.78 bits per heavy atom. The molecule has 0 amide bonds. The fourth-order valence-electron chi connectivity index (χ4n) is 1.23. The highest BCUT2D eigenvalue weighted by Gasteiger charge is 2.02. The molecule has 0 aliphatic carbocycles. The Bertz CT molecular complexity index is 150. The van der Waals surface area contributed by atoms with Crippen molar-refractivity contribution in [2.45, 2.75) is 47.0 Å². The average molecular weight is 257 g/mol. The summed E-state index contributed by atoms with van der Waals surface area (Å²) in [5.41, 5.74) is 0. The quantitative estimate of drug-likeness (QED) is 0.766. The lowest BCUT2D eigenvalue weighted by molar-refractivity contribution is 0.277. The first-order chi connectivity index (χ1) is 8.72. The summed E-state index contributed by atoms with van der Waals surface area (Å²) < 4.78 is 0. The maximum Gasteiger partial charge on any atom is 0.0356 e. The molecule has 1 rings (SSSR count). The molecule has 110 valence electrons. The van der Waals surface area contributed by atoms with Crippen LogP contribution in [-0.4, -0.2) is 44.8 Å². The van der Waals surface area contributed by atoms with Gasteiger partial charge in [-0.2, -0.15) is 0 Å². The fourth-order valence-corrected chi connectivity index (χ4v) is 1.23. The second-order valence-electron chi connectivity index (χ2n) is 3.61. The van der Waals surface area contributed by atoms with Crippen molar-refractivity contribution in [3.05, 3.63) is 12.8 Å². The summed E-state index contributed by atoms with van der Waals surface area (Å²) in [6.07, 6.45) is 7.71. The van der Waals surface area contributed by atoms with Gasteiger partial charge in [-0.05, 0) is 59.2 Å². The highest BCUT2D eigenvalue weighted by atomic mass is 15.1. The molecule has 0 unspecified atom stereocenters. The molecule has 0 aromatic carbocycles. The van der Waals surface area contributed by atoms with Gasteiger partial charge in [0, 0.05) is 13.6 Å². The molecular formula is C15H35N3. The van der Waals surface area contributed by atoms with Crippen molar-refractivity contribution in [2.24, 2.45) is 4.99 Å². The zero-order valence-corrected chi connectivity index (χ0v) is 13.5. The molecule has 1 aliphatic rings. The summed E-state index contributed by atoms with van der Waals surface area (Å²) >= 11 is 0. The van der Waals surface area contributed by atoms with Crippen LogP contribution < -0.4 is 5.32 Å². The van der Waals surface area contributed by atoms with Crippen molar-refractivity contribution in [1.29, 1.82) is 0 Å². The molecule has 3 heteroatoms. The lowest BCUT2D eigenvalue weighted by Gasteiger charge is -2.20. The summed E-state index contributed by atoms with van der Waals surface area (Å²) in [7, 11) is 4.01. The second-order valence-corrected chi connectivity index (χ2v) is 3.61. The van der Waals surface area contributed by atoms with Crippen LogP contribution in [0.3, 0.4) is 0 Å².